The van der Waals surface area contributed by atoms with Crippen molar-refractivity contribution in [2.24, 2.45) is 5.92 Å². The van der Waals surface area contributed by atoms with Gasteiger partial charge in [-0.25, -0.2) is 0 Å². The van der Waals surface area contributed by atoms with Crippen LogP contribution in [-0.4, -0.2) is 11.7 Å². The van der Waals surface area contributed by atoms with Crippen molar-refractivity contribution in [3.05, 3.63) is 34.3 Å². The second-order valence-corrected chi connectivity index (χ2v) is 4.65. The topological polar surface area (TPSA) is 17.1 Å². The highest BCUT2D eigenvalue weighted by Gasteiger charge is 2.30. The number of hydrogen-bond donors (Lipinski definition) is 0. The molecule has 1 aromatic carbocycles. The Morgan fingerprint density at radius 1 is 1.40 bits per heavy atom. The van der Waals surface area contributed by atoms with Crippen molar-refractivity contribution in [1.29, 1.82) is 0 Å². The number of alkyl halides is 1. The predicted molar refractivity (Wildman–Crippen MR) is 62.9 cm³/mol. The Balaban J connectivity index is 2.22. The van der Waals surface area contributed by atoms with Crippen molar-refractivity contribution in [3.8, 4) is 0 Å². The van der Waals surface area contributed by atoms with Gasteiger partial charge in [-0.1, -0.05) is 23.7 Å². The Morgan fingerprint density at radius 3 is 2.87 bits per heavy atom. The van der Waals surface area contributed by atoms with Gasteiger partial charge in [0, 0.05) is 22.4 Å². The fourth-order valence-corrected chi connectivity index (χ4v) is 2.52. The van der Waals surface area contributed by atoms with Gasteiger partial charge < -0.3 is 0 Å². The summed E-state index contributed by atoms with van der Waals surface area (Å²) in [6.45, 7) is 0. The average Bonchev–Trinajstić information content (AvgIpc) is 2.55. The maximum atomic E-state index is 12.0. The minimum Gasteiger partial charge on any atom is -0.294 e. The first-order valence-corrected chi connectivity index (χ1v) is 6.03. The van der Waals surface area contributed by atoms with Crippen LogP contribution in [0.3, 0.4) is 0 Å². The van der Waals surface area contributed by atoms with E-state index < -0.39 is 0 Å². The number of carbonyl (C=O) groups excluding carboxylic acids is 1. The van der Waals surface area contributed by atoms with E-state index >= 15 is 0 Å². The van der Waals surface area contributed by atoms with Gasteiger partial charge in [-0.15, -0.1) is 11.6 Å². The summed E-state index contributed by atoms with van der Waals surface area (Å²) in [6, 6.07) is 5.55. The molecule has 0 radical (unpaired) electrons. The van der Waals surface area contributed by atoms with Crippen molar-refractivity contribution in [1.82, 2.24) is 0 Å². The maximum Gasteiger partial charge on any atom is 0.166 e. The zero-order valence-electron chi connectivity index (χ0n) is 8.30. The normalized spacial score (nSPS) is 19.3. The van der Waals surface area contributed by atoms with Gasteiger partial charge >= 0.3 is 0 Å². The molecule has 1 aromatic rings. The molecule has 0 aliphatic heterocycles. The van der Waals surface area contributed by atoms with Crippen molar-refractivity contribution in [2.45, 2.75) is 19.3 Å². The third kappa shape index (κ3) is 2.04. The summed E-state index contributed by atoms with van der Waals surface area (Å²) in [7, 11) is 0. The second-order valence-electron chi connectivity index (χ2n) is 3.86. The van der Waals surface area contributed by atoms with Gasteiger partial charge in [-0.2, -0.15) is 0 Å². The van der Waals surface area contributed by atoms with Crippen LogP contribution >= 0.6 is 23.2 Å². The van der Waals surface area contributed by atoms with E-state index in [0.717, 1.165) is 30.4 Å². The summed E-state index contributed by atoms with van der Waals surface area (Å²) in [4.78, 5) is 12.0. The molecule has 0 N–H and O–H groups in total. The number of carbonyl (C=O) groups is 1. The quantitative estimate of drug-likeness (QED) is 0.739. The van der Waals surface area contributed by atoms with E-state index in [2.05, 4.69) is 0 Å². The molecule has 3 heteroatoms. The minimum atomic E-state index is 0.0960. The lowest BCUT2D eigenvalue weighted by Gasteiger charge is -2.04. The molecule has 0 saturated carbocycles. The Kier molecular flexibility index (Phi) is 3.32. The molecule has 0 fully saturated rings. The van der Waals surface area contributed by atoms with Crippen LogP contribution in [0.1, 0.15) is 28.8 Å². The van der Waals surface area contributed by atoms with Crippen LogP contribution in [-0.2, 0) is 6.42 Å². The smallest absolute Gasteiger partial charge is 0.166 e. The molecule has 0 heterocycles. The Morgan fingerprint density at radius 2 is 2.20 bits per heavy atom. The number of rotatable bonds is 3. The lowest BCUT2D eigenvalue weighted by Crippen LogP contribution is -2.08. The fourth-order valence-electron chi connectivity index (χ4n) is 2.11. The molecule has 2 rings (SSSR count). The molecule has 80 valence electrons. The van der Waals surface area contributed by atoms with E-state index in [9.17, 15) is 4.79 Å². The van der Waals surface area contributed by atoms with Gasteiger partial charge in [-0.05, 0) is 30.9 Å². The number of fused-ring (bicyclic) bond motifs is 1. The number of benzene rings is 1. The molecule has 15 heavy (non-hydrogen) atoms. The summed E-state index contributed by atoms with van der Waals surface area (Å²) < 4.78 is 0. The van der Waals surface area contributed by atoms with E-state index in [0.29, 0.717) is 10.9 Å². The van der Waals surface area contributed by atoms with Crippen LogP contribution in [0.15, 0.2) is 18.2 Å². The molecule has 0 spiro atoms. The molecule has 1 unspecified atom stereocenters. The number of halogens is 2. The molecule has 0 bridgehead atoms. The van der Waals surface area contributed by atoms with Crippen molar-refractivity contribution >= 4 is 29.0 Å². The summed E-state index contributed by atoms with van der Waals surface area (Å²) in [5.74, 6) is 0.949. The molecule has 0 saturated heterocycles. The SMILES string of the molecule is O=C1c2cccc(Cl)c2CC1CCCCl. The van der Waals surface area contributed by atoms with Crippen LogP contribution in [0.5, 0.6) is 0 Å². The monoisotopic (exact) mass is 242 g/mol. The number of hydrogen-bond acceptors (Lipinski definition) is 1. The van der Waals surface area contributed by atoms with E-state index in [-0.39, 0.29) is 11.7 Å². The third-order valence-electron chi connectivity index (χ3n) is 2.89. The van der Waals surface area contributed by atoms with E-state index in [1.165, 1.54) is 0 Å². The molecule has 0 amide bonds. The lowest BCUT2D eigenvalue weighted by atomic mass is 10.00. The van der Waals surface area contributed by atoms with Gasteiger partial charge in [0.15, 0.2) is 5.78 Å². The zero-order valence-corrected chi connectivity index (χ0v) is 9.81. The molecular formula is C12H12Cl2O. The highest BCUT2D eigenvalue weighted by atomic mass is 35.5. The van der Waals surface area contributed by atoms with Crippen LogP contribution in [0.2, 0.25) is 5.02 Å². The maximum absolute atomic E-state index is 12.0. The fraction of sp³-hybridized carbons (Fsp3) is 0.417. The van der Waals surface area contributed by atoms with Gasteiger partial charge in [0.1, 0.15) is 0 Å². The molecule has 0 aromatic heterocycles. The van der Waals surface area contributed by atoms with Crippen LogP contribution in [0, 0.1) is 5.92 Å². The van der Waals surface area contributed by atoms with Crippen LogP contribution < -0.4 is 0 Å². The predicted octanol–water partition coefficient (Wildman–Crippen LogP) is 3.71. The molecule has 1 aliphatic carbocycles. The molecule has 1 aliphatic rings. The lowest BCUT2D eigenvalue weighted by molar-refractivity contribution is 0.0930. The minimum absolute atomic E-state index is 0.0960. The number of ketones is 1. The van der Waals surface area contributed by atoms with Crippen LogP contribution in [0.4, 0.5) is 0 Å². The van der Waals surface area contributed by atoms with Gasteiger partial charge in [0.25, 0.3) is 0 Å². The highest BCUT2D eigenvalue weighted by Crippen LogP contribution is 2.34. The second kappa shape index (κ2) is 4.54. The largest absolute Gasteiger partial charge is 0.294 e. The van der Waals surface area contributed by atoms with Gasteiger partial charge in [0.2, 0.25) is 0 Å². The Bertz CT molecular complexity index is 387. The standard InChI is InChI=1S/C12H12Cl2O/c13-6-2-3-8-7-10-9(12(8)15)4-1-5-11(10)14/h1,4-5,8H,2-3,6-7H2. The van der Waals surface area contributed by atoms with Crippen LogP contribution in [0.25, 0.3) is 0 Å². The van der Waals surface area contributed by atoms with Gasteiger partial charge in [-0.3, -0.25) is 4.79 Å². The van der Waals surface area contributed by atoms with Crippen molar-refractivity contribution in [3.63, 3.8) is 0 Å². The van der Waals surface area contributed by atoms with Crippen molar-refractivity contribution < 1.29 is 4.79 Å². The summed E-state index contributed by atoms with van der Waals surface area (Å²) in [5, 5.41) is 0.717. The van der Waals surface area contributed by atoms with Crippen molar-refractivity contribution in [2.75, 3.05) is 5.88 Å². The molecule has 1 nitrogen and oxygen atoms in total. The average molecular weight is 243 g/mol. The third-order valence-corrected chi connectivity index (χ3v) is 3.51. The first-order valence-electron chi connectivity index (χ1n) is 5.11. The Hall–Kier alpha value is -0.530. The summed E-state index contributed by atoms with van der Waals surface area (Å²) in [5.41, 5.74) is 1.82. The van der Waals surface area contributed by atoms with E-state index in [4.69, 9.17) is 23.2 Å². The van der Waals surface area contributed by atoms with Gasteiger partial charge in [0.05, 0.1) is 0 Å². The Labute approximate surface area is 99.4 Å². The number of Topliss-reactive ketones (excluding diaryl/α,β-unsaturated/α-hetero) is 1. The zero-order chi connectivity index (χ0) is 10.8. The first kappa shape index (κ1) is 11.0. The molecular weight excluding hydrogens is 231 g/mol. The van der Waals surface area contributed by atoms with E-state index in [1.54, 1.807) is 0 Å². The summed E-state index contributed by atoms with van der Waals surface area (Å²) >= 11 is 11.7. The first-order chi connectivity index (χ1) is 7.24. The summed E-state index contributed by atoms with van der Waals surface area (Å²) in [6.07, 6.45) is 2.54. The highest BCUT2D eigenvalue weighted by molar-refractivity contribution is 6.32. The molecule has 1 atom stereocenters. The van der Waals surface area contributed by atoms with E-state index in [1.807, 2.05) is 18.2 Å².